The van der Waals surface area contributed by atoms with E-state index in [0.29, 0.717) is 34.1 Å². The lowest BCUT2D eigenvalue weighted by atomic mass is 10.1. The van der Waals surface area contributed by atoms with Crippen LogP contribution in [-0.2, 0) is 35.2 Å². The highest BCUT2D eigenvalue weighted by molar-refractivity contribution is 7.90. The summed E-state index contributed by atoms with van der Waals surface area (Å²) in [5.74, 6) is 1.20. The van der Waals surface area contributed by atoms with Crippen LogP contribution in [0.25, 0.3) is 0 Å². The maximum absolute atomic E-state index is 13.8. The predicted molar refractivity (Wildman–Crippen MR) is 150 cm³/mol. The van der Waals surface area contributed by atoms with E-state index in [1.54, 1.807) is 70.3 Å². The van der Waals surface area contributed by atoms with Crippen LogP contribution in [0.15, 0.2) is 113 Å². The Kier molecular flexibility index (Phi) is 7.30. The fraction of sp³-hybridized carbons (Fsp3) is 0.161. The molecule has 208 valence electrons. The molecule has 1 aliphatic rings. The van der Waals surface area contributed by atoms with Crippen LogP contribution < -0.4 is 9.47 Å². The molecule has 10 heteroatoms. The second-order valence-electron chi connectivity index (χ2n) is 9.66. The first-order valence-electron chi connectivity index (χ1n) is 13.0. The van der Waals surface area contributed by atoms with Crippen LogP contribution in [0, 0.1) is 0 Å². The smallest absolute Gasteiger partial charge is 0.254 e. The quantitative estimate of drug-likeness (QED) is 0.231. The highest BCUT2D eigenvalue weighted by Crippen LogP contribution is 2.33. The van der Waals surface area contributed by atoms with Crippen molar-refractivity contribution in [3.05, 3.63) is 132 Å². The van der Waals surface area contributed by atoms with Crippen LogP contribution in [-0.4, -0.2) is 35.6 Å². The predicted octanol–water partition coefficient (Wildman–Crippen LogP) is 5.07. The van der Waals surface area contributed by atoms with Gasteiger partial charge in [0.15, 0.2) is 11.5 Å². The number of hydrogen-bond donors (Lipinski definition) is 0. The van der Waals surface area contributed by atoms with Gasteiger partial charge < -0.3 is 23.4 Å². The summed E-state index contributed by atoms with van der Waals surface area (Å²) >= 11 is 0. The van der Waals surface area contributed by atoms with Gasteiger partial charge in [-0.15, -0.1) is 0 Å². The van der Waals surface area contributed by atoms with Gasteiger partial charge in [-0.05, 0) is 41.5 Å². The topological polar surface area (TPSA) is 104 Å². The number of benzene rings is 3. The molecule has 1 aliphatic heterocycles. The van der Waals surface area contributed by atoms with Crippen LogP contribution in [0.5, 0.6) is 11.5 Å². The summed E-state index contributed by atoms with van der Waals surface area (Å²) in [6, 6.07) is 27.1. The molecule has 0 unspecified atom stereocenters. The number of fused-ring (bicyclic) bond motifs is 1. The van der Waals surface area contributed by atoms with Crippen molar-refractivity contribution in [2.45, 2.75) is 30.5 Å². The zero-order valence-corrected chi connectivity index (χ0v) is 22.9. The Bertz CT molecular complexity index is 1750. The minimum absolute atomic E-state index is 0.0475. The summed E-state index contributed by atoms with van der Waals surface area (Å²) in [4.78, 5) is 19.8. The number of carbonyl (C=O) groups is 1. The van der Waals surface area contributed by atoms with E-state index in [4.69, 9.17) is 13.9 Å². The maximum Gasteiger partial charge on any atom is 0.254 e. The number of imidazole rings is 1. The van der Waals surface area contributed by atoms with Gasteiger partial charge in [-0.3, -0.25) is 4.79 Å². The minimum atomic E-state index is -3.81. The van der Waals surface area contributed by atoms with Crippen LogP contribution >= 0.6 is 0 Å². The Balaban J connectivity index is 1.37. The second kappa shape index (κ2) is 11.3. The number of aromatic nitrogens is 2. The molecular formula is C31H27N3O6S. The molecule has 5 aromatic rings. The molecule has 3 heterocycles. The number of rotatable bonds is 10. The van der Waals surface area contributed by atoms with Gasteiger partial charge in [-0.2, -0.15) is 0 Å². The monoisotopic (exact) mass is 569 g/mol. The van der Waals surface area contributed by atoms with E-state index in [1.165, 1.54) is 6.20 Å². The van der Waals surface area contributed by atoms with E-state index in [9.17, 15) is 13.2 Å². The molecule has 0 atom stereocenters. The van der Waals surface area contributed by atoms with Crippen LogP contribution in [0.4, 0.5) is 0 Å². The van der Waals surface area contributed by atoms with Gasteiger partial charge >= 0.3 is 0 Å². The second-order valence-corrected chi connectivity index (χ2v) is 11.5. The average Bonchev–Trinajstić information content (AvgIpc) is 3.75. The van der Waals surface area contributed by atoms with Gasteiger partial charge in [0.1, 0.15) is 5.76 Å². The van der Waals surface area contributed by atoms with Crippen LogP contribution in [0.2, 0.25) is 0 Å². The van der Waals surface area contributed by atoms with Crippen molar-refractivity contribution in [3.8, 4) is 11.5 Å². The third-order valence-electron chi connectivity index (χ3n) is 6.75. The first kappa shape index (κ1) is 26.4. The van der Waals surface area contributed by atoms with Crippen LogP contribution in [0.1, 0.15) is 32.9 Å². The summed E-state index contributed by atoms with van der Waals surface area (Å²) in [6.45, 7) is 0.631. The van der Waals surface area contributed by atoms with Crippen molar-refractivity contribution < 1.29 is 27.1 Å². The number of sulfone groups is 1. The molecule has 1 amide bonds. The van der Waals surface area contributed by atoms with Crippen LogP contribution in [0.3, 0.4) is 0 Å². The van der Waals surface area contributed by atoms with Gasteiger partial charge in [-0.1, -0.05) is 60.7 Å². The van der Waals surface area contributed by atoms with E-state index in [-0.39, 0.29) is 43.2 Å². The van der Waals surface area contributed by atoms with Crippen molar-refractivity contribution in [1.82, 2.24) is 14.5 Å². The lowest BCUT2D eigenvalue weighted by Gasteiger charge is -2.23. The number of ether oxygens (including phenoxy) is 2. The van der Waals surface area contributed by atoms with E-state index in [1.807, 2.05) is 36.4 Å². The third kappa shape index (κ3) is 5.87. The minimum Gasteiger partial charge on any atom is -0.467 e. The molecule has 0 aliphatic carbocycles. The average molecular weight is 570 g/mol. The Morgan fingerprint density at radius 1 is 0.854 bits per heavy atom. The zero-order chi connectivity index (χ0) is 28.2. The molecule has 0 saturated carbocycles. The first-order chi connectivity index (χ1) is 20.0. The highest BCUT2D eigenvalue weighted by atomic mass is 32.2. The molecule has 41 heavy (non-hydrogen) atoms. The summed E-state index contributed by atoms with van der Waals surface area (Å²) in [5.41, 5.74) is 2.55. The zero-order valence-electron chi connectivity index (χ0n) is 22.0. The molecule has 0 bridgehead atoms. The Morgan fingerprint density at radius 3 is 2.32 bits per heavy atom. The van der Waals surface area contributed by atoms with E-state index >= 15 is 0 Å². The summed E-state index contributed by atoms with van der Waals surface area (Å²) < 4.78 is 45.4. The summed E-state index contributed by atoms with van der Waals surface area (Å²) in [6.07, 6.45) is 3.08. The molecule has 9 nitrogen and oxygen atoms in total. The molecule has 0 N–H and O–H groups in total. The standard InChI is InChI=1S/C31H27N3O6S/c35-30(25-13-14-28-29(16-25)40-22-39-28)33(20-27-12-7-15-38-27)19-26-17-32-31(34(26)18-23-8-3-1-4-9-23)41(36,37)21-24-10-5-2-6-11-24/h1-17H,18-22H2. The van der Waals surface area contributed by atoms with Gasteiger partial charge in [0.2, 0.25) is 21.8 Å². The lowest BCUT2D eigenvalue weighted by molar-refractivity contribution is 0.0713. The number of carbonyl (C=O) groups excluding carboxylic acids is 1. The Labute approximate surface area is 237 Å². The Morgan fingerprint density at radius 2 is 1.59 bits per heavy atom. The van der Waals surface area contributed by atoms with Crippen molar-refractivity contribution in [2.24, 2.45) is 0 Å². The maximum atomic E-state index is 13.8. The number of amides is 1. The third-order valence-corrected chi connectivity index (χ3v) is 8.34. The molecule has 0 saturated heterocycles. The number of nitrogens with zero attached hydrogens (tertiary/aromatic N) is 3. The number of furan rings is 1. The molecule has 3 aromatic carbocycles. The highest BCUT2D eigenvalue weighted by Gasteiger charge is 2.27. The first-order valence-corrected chi connectivity index (χ1v) is 14.7. The molecular weight excluding hydrogens is 542 g/mol. The van der Waals surface area contributed by atoms with E-state index in [0.717, 1.165) is 5.56 Å². The summed E-state index contributed by atoms with van der Waals surface area (Å²) in [5, 5.41) is -0.0475. The normalized spacial score (nSPS) is 12.4. The fourth-order valence-electron chi connectivity index (χ4n) is 4.76. The molecule has 2 aromatic heterocycles. The van der Waals surface area contributed by atoms with E-state index < -0.39 is 9.84 Å². The SMILES string of the molecule is O=C(c1ccc2c(c1)OCO2)N(Cc1ccco1)Cc1cnc(S(=O)(=O)Cc2ccccc2)n1Cc1ccccc1. The van der Waals surface area contributed by atoms with Gasteiger partial charge in [0, 0.05) is 5.56 Å². The Hall–Kier alpha value is -4.83. The lowest BCUT2D eigenvalue weighted by Crippen LogP contribution is -2.31. The van der Waals surface area contributed by atoms with E-state index in [2.05, 4.69) is 4.98 Å². The van der Waals surface area contributed by atoms with Gasteiger partial charge in [0.05, 0.1) is 43.5 Å². The largest absolute Gasteiger partial charge is 0.467 e. The summed E-state index contributed by atoms with van der Waals surface area (Å²) in [7, 11) is -3.81. The van der Waals surface area contributed by atoms with Crippen molar-refractivity contribution >= 4 is 15.7 Å². The molecule has 0 spiro atoms. The number of hydrogen-bond acceptors (Lipinski definition) is 7. The fourth-order valence-corrected chi connectivity index (χ4v) is 6.25. The molecule has 0 radical (unpaired) electrons. The molecule has 6 rings (SSSR count). The molecule has 0 fully saturated rings. The van der Waals surface area contributed by atoms with Crippen molar-refractivity contribution in [3.63, 3.8) is 0 Å². The van der Waals surface area contributed by atoms with Gasteiger partial charge in [0.25, 0.3) is 5.91 Å². The van der Waals surface area contributed by atoms with Gasteiger partial charge in [-0.25, -0.2) is 13.4 Å². The van der Waals surface area contributed by atoms with Crippen molar-refractivity contribution in [2.75, 3.05) is 6.79 Å². The van der Waals surface area contributed by atoms with Crippen molar-refractivity contribution in [1.29, 1.82) is 0 Å².